The summed E-state index contributed by atoms with van der Waals surface area (Å²) in [4.78, 5) is 0. The fourth-order valence-corrected chi connectivity index (χ4v) is 2.57. The van der Waals surface area contributed by atoms with Crippen molar-refractivity contribution >= 4 is 0 Å². The molecule has 0 bridgehead atoms. The van der Waals surface area contributed by atoms with Crippen LogP contribution in [-0.4, -0.2) is 0 Å². The molecule has 90 valence electrons. The number of halogens is 2. The van der Waals surface area contributed by atoms with Crippen molar-refractivity contribution in [1.29, 1.82) is 5.26 Å². The van der Waals surface area contributed by atoms with Crippen molar-refractivity contribution in [3.05, 3.63) is 35.4 Å². The first-order chi connectivity index (χ1) is 8.07. The van der Waals surface area contributed by atoms with E-state index in [0.717, 1.165) is 18.9 Å². The molecule has 0 amide bonds. The van der Waals surface area contributed by atoms with Crippen molar-refractivity contribution in [3.63, 3.8) is 0 Å². The number of benzene rings is 1. The van der Waals surface area contributed by atoms with E-state index in [9.17, 15) is 14.0 Å². The third-order valence-corrected chi connectivity index (χ3v) is 3.79. The monoisotopic (exact) mass is 235 g/mol. The molecule has 1 aromatic carbocycles. The van der Waals surface area contributed by atoms with Gasteiger partial charge in [0.25, 0.3) is 0 Å². The van der Waals surface area contributed by atoms with E-state index in [1.165, 1.54) is 12.1 Å². The summed E-state index contributed by atoms with van der Waals surface area (Å²) in [5, 5.41) is 9.36. The van der Waals surface area contributed by atoms with E-state index in [2.05, 4.69) is 13.0 Å². The minimum Gasteiger partial charge on any atom is -0.207 e. The van der Waals surface area contributed by atoms with Crippen molar-refractivity contribution in [2.75, 3.05) is 0 Å². The first kappa shape index (κ1) is 12.0. The third-order valence-electron chi connectivity index (χ3n) is 3.79. The van der Waals surface area contributed by atoms with Gasteiger partial charge in [0.1, 0.15) is 11.6 Å². The van der Waals surface area contributed by atoms with E-state index in [0.29, 0.717) is 24.3 Å². The SMILES string of the molecule is CC1CCC(C#N)(c2ccc(F)cc2F)CC1. The Balaban J connectivity index is 2.39. The Kier molecular flexibility index (Phi) is 3.15. The van der Waals surface area contributed by atoms with Gasteiger partial charge in [0.15, 0.2) is 0 Å². The largest absolute Gasteiger partial charge is 0.207 e. The number of rotatable bonds is 1. The van der Waals surface area contributed by atoms with Crippen LogP contribution >= 0.6 is 0 Å². The molecule has 0 spiro atoms. The Hall–Kier alpha value is -1.43. The minimum atomic E-state index is -0.760. The zero-order valence-corrected chi connectivity index (χ0v) is 9.84. The molecule has 17 heavy (non-hydrogen) atoms. The smallest absolute Gasteiger partial charge is 0.130 e. The van der Waals surface area contributed by atoms with Crippen molar-refractivity contribution in [2.45, 2.75) is 38.0 Å². The van der Waals surface area contributed by atoms with E-state index in [1.807, 2.05) is 0 Å². The summed E-state index contributed by atoms with van der Waals surface area (Å²) >= 11 is 0. The highest BCUT2D eigenvalue weighted by Crippen LogP contribution is 2.42. The molecule has 0 heterocycles. The molecule has 1 aliphatic carbocycles. The Morgan fingerprint density at radius 1 is 1.29 bits per heavy atom. The van der Waals surface area contributed by atoms with Gasteiger partial charge in [0, 0.05) is 11.6 Å². The molecule has 0 aromatic heterocycles. The molecule has 0 radical (unpaired) electrons. The van der Waals surface area contributed by atoms with E-state index in [-0.39, 0.29) is 0 Å². The van der Waals surface area contributed by atoms with Gasteiger partial charge in [0.05, 0.1) is 11.5 Å². The maximum Gasteiger partial charge on any atom is 0.130 e. The highest BCUT2D eigenvalue weighted by molar-refractivity contribution is 5.34. The fraction of sp³-hybridized carbons (Fsp3) is 0.500. The Morgan fingerprint density at radius 3 is 2.47 bits per heavy atom. The second kappa shape index (κ2) is 4.44. The lowest BCUT2D eigenvalue weighted by Gasteiger charge is -2.34. The van der Waals surface area contributed by atoms with Gasteiger partial charge in [-0.05, 0) is 37.7 Å². The lowest BCUT2D eigenvalue weighted by molar-refractivity contribution is 0.288. The normalized spacial score (nSPS) is 28.7. The van der Waals surface area contributed by atoms with Gasteiger partial charge in [-0.15, -0.1) is 0 Å². The van der Waals surface area contributed by atoms with E-state index in [4.69, 9.17) is 0 Å². The van der Waals surface area contributed by atoms with Crippen LogP contribution in [0.5, 0.6) is 0 Å². The van der Waals surface area contributed by atoms with Crippen LogP contribution in [0.15, 0.2) is 18.2 Å². The van der Waals surface area contributed by atoms with Gasteiger partial charge in [-0.1, -0.05) is 13.0 Å². The topological polar surface area (TPSA) is 23.8 Å². The van der Waals surface area contributed by atoms with Gasteiger partial charge in [-0.3, -0.25) is 0 Å². The van der Waals surface area contributed by atoms with Crippen LogP contribution in [0.3, 0.4) is 0 Å². The van der Waals surface area contributed by atoms with Crippen molar-refractivity contribution in [3.8, 4) is 6.07 Å². The summed E-state index contributed by atoms with van der Waals surface area (Å²) in [6.07, 6.45) is 3.16. The molecule has 1 aliphatic rings. The van der Waals surface area contributed by atoms with Crippen molar-refractivity contribution in [1.82, 2.24) is 0 Å². The van der Waals surface area contributed by atoms with Crippen molar-refractivity contribution in [2.24, 2.45) is 5.92 Å². The van der Waals surface area contributed by atoms with Gasteiger partial charge < -0.3 is 0 Å². The number of nitriles is 1. The van der Waals surface area contributed by atoms with Crippen LogP contribution < -0.4 is 0 Å². The molecule has 3 heteroatoms. The quantitative estimate of drug-likeness (QED) is 0.723. The fourth-order valence-electron chi connectivity index (χ4n) is 2.57. The molecule has 1 saturated carbocycles. The molecule has 1 aromatic rings. The summed E-state index contributed by atoms with van der Waals surface area (Å²) < 4.78 is 26.7. The molecule has 0 aliphatic heterocycles. The minimum absolute atomic E-state index is 0.355. The van der Waals surface area contributed by atoms with Crippen LogP contribution in [-0.2, 0) is 5.41 Å². The van der Waals surface area contributed by atoms with E-state index >= 15 is 0 Å². The van der Waals surface area contributed by atoms with Gasteiger partial charge in [-0.2, -0.15) is 5.26 Å². The molecule has 0 unspecified atom stereocenters. The summed E-state index contributed by atoms with van der Waals surface area (Å²) in [5.74, 6) is -0.607. The molecule has 0 atom stereocenters. The van der Waals surface area contributed by atoms with Crippen LogP contribution in [0.2, 0.25) is 0 Å². The van der Waals surface area contributed by atoms with E-state index in [1.54, 1.807) is 0 Å². The first-order valence-corrected chi connectivity index (χ1v) is 5.94. The highest BCUT2D eigenvalue weighted by Gasteiger charge is 2.38. The lowest BCUT2D eigenvalue weighted by Crippen LogP contribution is -2.30. The number of hydrogen-bond donors (Lipinski definition) is 0. The van der Waals surface area contributed by atoms with Crippen LogP contribution in [0.4, 0.5) is 8.78 Å². The summed E-state index contributed by atoms with van der Waals surface area (Å²) in [7, 11) is 0. The first-order valence-electron chi connectivity index (χ1n) is 5.94. The number of nitrogens with zero attached hydrogens (tertiary/aromatic N) is 1. The molecule has 0 saturated heterocycles. The van der Waals surface area contributed by atoms with Crippen LogP contribution in [0.25, 0.3) is 0 Å². The molecular formula is C14H15F2N. The average molecular weight is 235 g/mol. The summed E-state index contributed by atoms with van der Waals surface area (Å²) in [5.41, 5.74) is -0.405. The zero-order chi connectivity index (χ0) is 12.5. The van der Waals surface area contributed by atoms with Gasteiger partial charge in [-0.25, -0.2) is 8.78 Å². The van der Waals surface area contributed by atoms with Crippen LogP contribution in [0.1, 0.15) is 38.2 Å². The standard InChI is InChI=1S/C14H15F2N/c1-10-4-6-14(9-17,7-5-10)12-3-2-11(15)8-13(12)16/h2-3,8,10H,4-7H2,1H3. The Labute approximate surface area is 100 Å². The van der Waals surface area contributed by atoms with Crippen molar-refractivity contribution < 1.29 is 8.78 Å². The maximum atomic E-state index is 13.8. The van der Waals surface area contributed by atoms with Gasteiger partial charge >= 0.3 is 0 Å². The molecular weight excluding hydrogens is 220 g/mol. The van der Waals surface area contributed by atoms with Gasteiger partial charge in [0.2, 0.25) is 0 Å². The second-order valence-electron chi connectivity index (χ2n) is 5.00. The molecule has 2 rings (SSSR count). The lowest BCUT2D eigenvalue weighted by atomic mass is 9.68. The predicted molar refractivity (Wildman–Crippen MR) is 61.3 cm³/mol. The average Bonchev–Trinajstić information content (AvgIpc) is 2.31. The Morgan fingerprint density at radius 2 is 1.94 bits per heavy atom. The summed E-state index contributed by atoms with van der Waals surface area (Å²) in [6.45, 7) is 2.14. The molecule has 1 fully saturated rings. The van der Waals surface area contributed by atoms with E-state index < -0.39 is 17.0 Å². The van der Waals surface area contributed by atoms with Crippen LogP contribution in [0, 0.1) is 28.9 Å². The maximum absolute atomic E-state index is 13.8. The predicted octanol–water partition coefficient (Wildman–Crippen LogP) is 3.94. The Bertz CT molecular complexity index is 454. The highest BCUT2D eigenvalue weighted by atomic mass is 19.1. The summed E-state index contributed by atoms with van der Waals surface area (Å²) in [6, 6.07) is 5.77. The zero-order valence-electron chi connectivity index (χ0n) is 9.84. The molecule has 1 nitrogen and oxygen atoms in total. The second-order valence-corrected chi connectivity index (χ2v) is 5.00. The molecule has 0 N–H and O–H groups in total. The number of hydrogen-bond acceptors (Lipinski definition) is 1. The third kappa shape index (κ3) is 2.17.